The summed E-state index contributed by atoms with van der Waals surface area (Å²) in [5.41, 5.74) is 7.34. The van der Waals surface area contributed by atoms with E-state index < -0.39 is 0 Å². The molecule has 1 aliphatic rings. The van der Waals surface area contributed by atoms with Crippen LogP contribution in [-0.4, -0.2) is 18.0 Å². The topological polar surface area (TPSA) is 29.3 Å². The van der Waals surface area contributed by atoms with Crippen molar-refractivity contribution >= 4 is 5.69 Å². The van der Waals surface area contributed by atoms with Crippen LogP contribution in [0.2, 0.25) is 0 Å². The lowest BCUT2D eigenvalue weighted by atomic mass is 9.91. The molecule has 0 unspecified atom stereocenters. The molecule has 0 bridgehead atoms. The van der Waals surface area contributed by atoms with Crippen LogP contribution in [0.3, 0.4) is 0 Å². The van der Waals surface area contributed by atoms with Crippen molar-refractivity contribution in [1.29, 1.82) is 0 Å². The Balaban J connectivity index is 2.03. The molecular formula is C12H17FN2. The van der Waals surface area contributed by atoms with Crippen LogP contribution in [0, 0.1) is 5.82 Å². The van der Waals surface area contributed by atoms with E-state index in [2.05, 4.69) is 11.9 Å². The van der Waals surface area contributed by atoms with Gasteiger partial charge in [0, 0.05) is 18.3 Å². The van der Waals surface area contributed by atoms with Crippen LogP contribution >= 0.6 is 0 Å². The minimum absolute atomic E-state index is 0.262. The van der Waals surface area contributed by atoms with E-state index in [4.69, 9.17) is 5.73 Å². The zero-order valence-electron chi connectivity index (χ0n) is 9.04. The Bertz CT molecular complexity index is 347. The normalized spacial score (nSPS) is 16.7. The third-order valence-electron chi connectivity index (χ3n) is 3.23. The Morgan fingerprint density at radius 2 is 2.20 bits per heavy atom. The highest BCUT2D eigenvalue weighted by Crippen LogP contribution is 2.26. The smallest absolute Gasteiger partial charge is 0.125 e. The van der Waals surface area contributed by atoms with Crippen molar-refractivity contribution in [1.82, 2.24) is 4.90 Å². The number of halogens is 1. The molecule has 0 radical (unpaired) electrons. The van der Waals surface area contributed by atoms with Crippen LogP contribution in [0.25, 0.3) is 0 Å². The second-order valence-corrected chi connectivity index (χ2v) is 4.34. The first-order valence-corrected chi connectivity index (χ1v) is 5.41. The molecule has 1 fully saturated rings. The minimum Gasteiger partial charge on any atom is -0.398 e. The number of nitrogens with two attached hydrogens (primary N) is 1. The molecule has 1 aromatic carbocycles. The molecule has 1 saturated carbocycles. The molecule has 1 aliphatic carbocycles. The molecule has 0 saturated heterocycles. The quantitative estimate of drug-likeness (QED) is 0.773. The molecule has 0 heterocycles. The highest BCUT2D eigenvalue weighted by atomic mass is 19.1. The van der Waals surface area contributed by atoms with Gasteiger partial charge in [0.05, 0.1) is 0 Å². The van der Waals surface area contributed by atoms with Crippen molar-refractivity contribution in [3.63, 3.8) is 0 Å². The lowest BCUT2D eigenvalue weighted by molar-refractivity contribution is 0.153. The van der Waals surface area contributed by atoms with Crippen molar-refractivity contribution in [2.24, 2.45) is 0 Å². The van der Waals surface area contributed by atoms with Crippen LogP contribution in [0.1, 0.15) is 24.8 Å². The summed E-state index contributed by atoms with van der Waals surface area (Å²) in [7, 11) is 2.10. The maximum absolute atomic E-state index is 12.8. The molecule has 1 aromatic rings. The van der Waals surface area contributed by atoms with Gasteiger partial charge in [0.15, 0.2) is 0 Å². The molecule has 0 atom stereocenters. The van der Waals surface area contributed by atoms with Gasteiger partial charge in [-0.05, 0) is 37.6 Å². The van der Waals surface area contributed by atoms with Gasteiger partial charge in [-0.3, -0.25) is 4.90 Å². The maximum atomic E-state index is 12.8. The van der Waals surface area contributed by atoms with Crippen LogP contribution < -0.4 is 5.73 Å². The van der Waals surface area contributed by atoms with Gasteiger partial charge in [-0.15, -0.1) is 0 Å². The molecular weight excluding hydrogens is 191 g/mol. The number of nitrogen functional groups attached to an aromatic ring is 1. The van der Waals surface area contributed by atoms with Gasteiger partial charge >= 0.3 is 0 Å². The van der Waals surface area contributed by atoms with E-state index in [1.54, 1.807) is 6.07 Å². The third kappa shape index (κ3) is 2.29. The summed E-state index contributed by atoms with van der Waals surface area (Å²) in [5.74, 6) is -0.262. The number of benzene rings is 1. The molecule has 0 amide bonds. The van der Waals surface area contributed by atoms with E-state index in [0.29, 0.717) is 11.7 Å². The van der Waals surface area contributed by atoms with E-state index in [9.17, 15) is 4.39 Å². The van der Waals surface area contributed by atoms with Gasteiger partial charge < -0.3 is 5.73 Å². The monoisotopic (exact) mass is 208 g/mol. The standard InChI is InChI=1S/C12H17FN2/c1-15(11-3-2-4-11)8-9-5-6-10(13)7-12(9)14/h5-7,11H,2-4,8,14H2,1H3. The molecule has 0 aromatic heterocycles. The van der Waals surface area contributed by atoms with Crippen LogP contribution in [0.15, 0.2) is 18.2 Å². The summed E-state index contributed by atoms with van der Waals surface area (Å²) in [5, 5.41) is 0. The average Bonchev–Trinajstić information content (AvgIpc) is 2.07. The lowest BCUT2D eigenvalue weighted by Gasteiger charge is -2.34. The van der Waals surface area contributed by atoms with Gasteiger partial charge in [-0.1, -0.05) is 12.5 Å². The molecule has 3 heteroatoms. The molecule has 82 valence electrons. The third-order valence-corrected chi connectivity index (χ3v) is 3.23. The average molecular weight is 208 g/mol. The first-order chi connectivity index (χ1) is 7.16. The SMILES string of the molecule is CN(Cc1ccc(F)cc1N)C1CCC1. The van der Waals surface area contributed by atoms with Gasteiger partial charge in [0.2, 0.25) is 0 Å². The summed E-state index contributed by atoms with van der Waals surface area (Å²) >= 11 is 0. The maximum Gasteiger partial charge on any atom is 0.125 e. The van der Waals surface area contributed by atoms with Crippen molar-refractivity contribution in [3.05, 3.63) is 29.6 Å². The van der Waals surface area contributed by atoms with E-state index in [1.807, 2.05) is 0 Å². The molecule has 0 spiro atoms. The van der Waals surface area contributed by atoms with E-state index in [1.165, 1.54) is 31.4 Å². The van der Waals surface area contributed by atoms with Crippen molar-refractivity contribution in [3.8, 4) is 0 Å². The van der Waals surface area contributed by atoms with Crippen molar-refractivity contribution in [2.75, 3.05) is 12.8 Å². The van der Waals surface area contributed by atoms with E-state index in [0.717, 1.165) is 12.1 Å². The van der Waals surface area contributed by atoms with Crippen molar-refractivity contribution in [2.45, 2.75) is 31.8 Å². The summed E-state index contributed by atoms with van der Waals surface area (Å²) in [4.78, 5) is 2.30. The Morgan fingerprint density at radius 3 is 2.73 bits per heavy atom. The van der Waals surface area contributed by atoms with Gasteiger partial charge in [-0.2, -0.15) is 0 Å². The number of hydrogen-bond donors (Lipinski definition) is 1. The first kappa shape index (κ1) is 10.4. The Morgan fingerprint density at radius 1 is 1.47 bits per heavy atom. The summed E-state index contributed by atoms with van der Waals surface area (Å²) < 4.78 is 12.8. The first-order valence-electron chi connectivity index (χ1n) is 5.41. The fraction of sp³-hybridized carbons (Fsp3) is 0.500. The van der Waals surface area contributed by atoms with E-state index in [-0.39, 0.29) is 5.82 Å². The predicted octanol–water partition coefficient (Wildman–Crippen LogP) is 2.39. The number of hydrogen-bond acceptors (Lipinski definition) is 2. The molecule has 0 aliphatic heterocycles. The van der Waals surface area contributed by atoms with Crippen molar-refractivity contribution < 1.29 is 4.39 Å². The fourth-order valence-electron chi connectivity index (χ4n) is 1.94. The van der Waals surface area contributed by atoms with Gasteiger partial charge in [-0.25, -0.2) is 4.39 Å². The van der Waals surface area contributed by atoms with Crippen LogP contribution in [0.5, 0.6) is 0 Å². The molecule has 2 nitrogen and oxygen atoms in total. The lowest BCUT2D eigenvalue weighted by Crippen LogP contribution is -2.36. The zero-order chi connectivity index (χ0) is 10.8. The number of nitrogens with zero attached hydrogens (tertiary/aromatic N) is 1. The number of rotatable bonds is 3. The summed E-state index contributed by atoms with van der Waals surface area (Å²) in [6.45, 7) is 0.816. The molecule has 15 heavy (non-hydrogen) atoms. The Labute approximate surface area is 89.9 Å². The Kier molecular flexibility index (Phi) is 2.91. The predicted molar refractivity (Wildman–Crippen MR) is 59.9 cm³/mol. The summed E-state index contributed by atoms with van der Waals surface area (Å²) in [6, 6.07) is 5.33. The fourth-order valence-corrected chi connectivity index (χ4v) is 1.94. The highest BCUT2D eigenvalue weighted by molar-refractivity contribution is 5.46. The van der Waals surface area contributed by atoms with Crippen LogP contribution in [0.4, 0.5) is 10.1 Å². The second-order valence-electron chi connectivity index (χ2n) is 4.34. The Hall–Kier alpha value is -1.09. The van der Waals surface area contributed by atoms with E-state index >= 15 is 0 Å². The largest absolute Gasteiger partial charge is 0.398 e. The van der Waals surface area contributed by atoms with Crippen LogP contribution in [-0.2, 0) is 6.54 Å². The highest BCUT2D eigenvalue weighted by Gasteiger charge is 2.22. The summed E-state index contributed by atoms with van der Waals surface area (Å²) in [6.07, 6.45) is 3.88. The second kappa shape index (κ2) is 4.19. The molecule has 2 N–H and O–H groups in total. The van der Waals surface area contributed by atoms with Gasteiger partial charge in [0.1, 0.15) is 5.82 Å². The van der Waals surface area contributed by atoms with Gasteiger partial charge in [0.25, 0.3) is 0 Å². The number of anilines is 1. The minimum atomic E-state index is -0.262. The molecule has 2 rings (SSSR count). The zero-order valence-corrected chi connectivity index (χ0v) is 9.04.